The summed E-state index contributed by atoms with van der Waals surface area (Å²) in [6.07, 6.45) is 5.45. The lowest BCUT2D eigenvalue weighted by atomic mass is 9.61. The molecule has 0 saturated carbocycles. The summed E-state index contributed by atoms with van der Waals surface area (Å²) in [5, 5.41) is 0. The van der Waals surface area contributed by atoms with Crippen molar-refractivity contribution in [3.05, 3.63) is 112 Å². The highest BCUT2D eigenvalue weighted by molar-refractivity contribution is 6.23. The number of hydrogen-bond acceptors (Lipinski definition) is 8. The van der Waals surface area contributed by atoms with E-state index in [0.717, 1.165) is 66.7 Å². The van der Waals surface area contributed by atoms with Crippen LogP contribution >= 0.6 is 0 Å². The number of carbonyl (C=O) groups is 4. The Bertz CT molecular complexity index is 2650. The van der Waals surface area contributed by atoms with Crippen LogP contribution in [-0.2, 0) is 40.5 Å². The first-order chi connectivity index (χ1) is 27.4. The second-order valence-electron chi connectivity index (χ2n) is 15.3. The molecule has 0 radical (unpaired) electrons. The molecule has 11 nitrogen and oxygen atoms in total. The molecular weight excluding hydrogens is 719 g/mol. The molecule has 2 amide bonds. The zero-order valence-electron chi connectivity index (χ0n) is 33.0. The number of esters is 2. The number of H-pyrrole nitrogens is 2. The van der Waals surface area contributed by atoms with Gasteiger partial charge in [-0.2, -0.15) is 0 Å². The smallest absolute Gasteiger partial charge is 0.305 e. The number of aromatic amines is 2. The van der Waals surface area contributed by atoms with E-state index in [9.17, 15) is 19.2 Å². The van der Waals surface area contributed by atoms with Gasteiger partial charge in [-0.3, -0.25) is 29.1 Å². The van der Waals surface area contributed by atoms with Crippen LogP contribution in [0.2, 0.25) is 0 Å². The van der Waals surface area contributed by atoms with E-state index in [2.05, 4.69) is 22.6 Å². The van der Waals surface area contributed by atoms with Crippen molar-refractivity contribution in [1.82, 2.24) is 19.9 Å². The predicted octanol–water partition coefficient (Wildman–Crippen LogP) is 8.11. The number of nitrogens with zero attached hydrogens (tertiary/aromatic N) is 3. The maximum absolute atomic E-state index is 14.6. The van der Waals surface area contributed by atoms with Crippen molar-refractivity contribution < 1.29 is 28.7 Å². The van der Waals surface area contributed by atoms with Gasteiger partial charge >= 0.3 is 11.9 Å². The molecule has 57 heavy (non-hydrogen) atoms. The van der Waals surface area contributed by atoms with E-state index in [1.54, 1.807) is 12.1 Å². The number of aromatic nitrogens is 4. The third-order valence-electron chi connectivity index (χ3n) is 12.4. The van der Waals surface area contributed by atoms with Gasteiger partial charge in [0.05, 0.1) is 54.5 Å². The molecule has 8 bridgehead atoms. The summed E-state index contributed by atoms with van der Waals surface area (Å²) < 4.78 is 10.0. The summed E-state index contributed by atoms with van der Waals surface area (Å²) in [6, 6.07) is 17.1. The largest absolute Gasteiger partial charge is 0.469 e. The first kappa shape index (κ1) is 37.6. The van der Waals surface area contributed by atoms with E-state index in [0.29, 0.717) is 42.0 Å². The van der Waals surface area contributed by atoms with Gasteiger partial charge in [-0.15, -0.1) is 0 Å². The molecule has 290 valence electrons. The quantitative estimate of drug-likeness (QED) is 0.135. The summed E-state index contributed by atoms with van der Waals surface area (Å²) in [4.78, 5) is 72.6. The van der Waals surface area contributed by atoms with Crippen LogP contribution in [0.3, 0.4) is 0 Å². The lowest BCUT2D eigenvalue weighted by Gasteiger charge is -2.37. The first-order valence-electron chi connectivity index (χ1n) is 19.2. The Hall–Kier alpha value is -6.36. The lowest BCUT2D eigenvalue weighted by Crippen LogP contribution is -2.41. The second kappa shape index (κ2) is 14.3. The number of ether oxygens (including phenoxy) is 2. The molecule has 3 aromatic heterocycles. The second-order valence-corrected chi connectivity index (χ2v) is 15.3. The van der Waals surface area contributed by atoms with Crippen molar-refractivity contribution in [2.24, 2.45) is 11.8 Å². The van der Waals surface area contributed by atoms with Gasteiger partial charge in [-0.25, -0.2) is 4.98 Å². The molecule has 8 rings (SSSR count). The molecule has 3 atom stereocenters. The fourth-order valence-corrected chi connectivity index (χ4v) is 9.19. The third-order valence-corrected chi connectivity index (χ3v) is 12.4. The van der Waals surface area contributed by atoms with Gasteiger partial charge < -0.3 is 19.4 Å². The van der Waals surface area contributed by atoms with E-state index < -0.39 is 17.3 Å². The number of aryl methyl sites for hydroxylation is 3. The van der Waals surface area contributed by atoms with Gasteiger partial charge in [0.15, 0.2) is 0 Å². The van der Waals surface area contributed by atoms with E-state index in [1.165, 1.54) is 19.1 Å². The molecule has 0 unspecified atom stereocenters. The molecule has 4 aliphatic rings. The molecule has 1 saturated heterocycles. The Kier molecular flexibility index (Phi) is 9.42. The van der Waals surface area contributed by atoms with Crippen molar-refractivity contribution in [2.45, 2.75) is 65.2 Å². The summed E-state index contributed by atoms with van der Waals surface area (Å²) in [7, 11) is 2.76. The van der Waals surface area contributed by atoms with Gasteiger partial charge in [-0.1, -0.05) is 36.9 Å². The van der Waals surface area contributed by atoms with Crippen LogP contribution in [0.4, 0.5) is 5.69 Å². The van der Waals surface area contributed by atoms with Crippen molar-refractivity contribution >= 4 is 74.3 Å². The minimum atomic E-state index is -0.955. The highest BCUT2D eigenvalue weighted by atomic mass is 16.5. The monoisotopic (exact) mass is 763 g/mol. The first-order valence-corrected chi connectivity index (χ1v) is 19.2. The number of allylic oxidation sites excluding steroid dienone is 4. The van der Waals surface area contributed by atoms with E-state index in [4.69, 9.17) is 19.4 Å². The van der Waals surface area contributed by atoms with Crippen LogP contribution in [0.25, 0.3) is 44.9 Å². The minimum Gasteiger partial charge on any atom is -0.469 e. The molecule has 1 aromatic carbocycles. The predicted molar refractivity (Wildman–Crippen MR) is 221 cm³/mol. The number of amides is 2. The van der Waals surface area contributed by atoms with Crippen molar-refractivity contribution in [1.29, 1.82) is 0 Å². The van der Waals surface area contributed by atoms with Crippen LogP contribution in [0.15, 0.2) is 67.3 Å². The number of nitrogens with one attached hydrogen (secondary N) is 2. The molecule has 6 heterocycles. The summed E-state index contributed by atoms with van der Waals surface area (Å²) in [6.45, 7) is 12.2. The van der Waals surface area contributed by atoms with Crippen molar-refractivity contribution in [3.8, 4) is 0 Å². The Balaban J connectivity index is 1.43. The van der Waals surface area contributed by atoms with Crippen molar-refractivity contribution in [3.63, 3.8) is 0 Å². The van der Waals surface area contributed by atoms with Crippen LogP contribution in [-0.4, -0.2) is 57.9 Å². The maximum atomic E-state index is 14.6. The van der Waals surface area contributed by atoms with E-state index in [1.807, 2.05) is 76.2 Å². The summed E-state index contributed by atoms with van der Waals surface area (Å²) >= 11 is 0. The minimum absolute atomic E-state index is 0.157. The number of rotatable bonds is 8. The molecule has 1 fully saturated rings. The number of methoxy groups -OCH3 is 2. The van der Waals surface area contributed by atoms with E-state index in [-0.39, 0.29) is 36.6 Å². The number of carbonyl (C=O) groups excluding carboxylic acids is 4. The molecular formula is C46H45N5O6. The molecule has 3 aliphatic heterocycles. The van der Waals surface area contributed by atoms with Crippen LogP contribution in [0.5, 0.6) is 0 Å². The van der Waals surface area contributed by atoms with Gasteiger partial charge in [0.2, 0.25) is 11.8 Å². The molecule has 2 N–H and O–H groups in total. The average molecular weight is 764 g/mol. The molecule has 11 heteroatoms. The molecule has 1 aliphatic carbocycles. The van der Waals surface area contributed by atoms with Crippen molar-refractivity contribution in [2.75, 3.05) is 19.1 Å². The van der Waals surface area contributed by atoms with Crippen LogP contribution in [0.1, 0.15) is 84.6 Å². The number of imide groups is 1. The fourth-order valence-electron chi connectivity index (χ4n) is 9.19. The SMILES string of the molecule is C=Cc1c(C)c2cc3nc(cc4[nH]c(cc5nc(cc1[nH]2)C(C)=C5CCC(=O)OC)c(CCC(=O)OC)c4C)[C@@]1(C)C3=CC[C@H]2C(=O)N(c3ccccc3)C(=O)[C@H]21. The number of anilines is 1. The zero-order valence-corrected chi connectivity index (χ0v) is 33.0. The number of benzene rings is 1. The molecule has 4 aromatic rings. The standard InChI is InChI=1S/C46H45N5O6/c1-8-28-24(2)34-21-39-32-17-14-31-43(45(55)51(44(31)54)27-12-10-9-11-13-27)46(32,5)40(50-39)23-35-26(4)30(16-19-42(53)57-7)38(49-35)22-37-29(15-18-41(52)56-6)25(3)33(48-37)20-36(28)47-34/h8-13,17,20-23,31,43,47,49H,1,14-16,18-19H2,2-7H3/t31-,43+,46-/m1/s1. The van der Waals surface area contributed by atoms with Gasteiger partial charge in [-0.05, 0) is 117 Å². The van der Waals surface area contributed by atoms with E-state index >= 15 is 0 Å². The Morgan fingerprint density at radius 3 is 2.19 bits per heavy atom. The maximum Gasteiger partial charge on any atom is 0.305 e. The average Bonchev–Trinajstić information content (AvgIpc) is 3.92. The third kappa shape index (κ3) is 6.03. The zero-order chi connectivity index (χ0) is 40.3. The molecule has 0 spiro atoms. The lowest BCUT2D eigenvalue weighted by molar-refractivity contribution is -0.141. The topological polar surface area (TPSA) is 147 Å². The Morgan fingerprint density at radius 2 is 1.49 bits per heavy atom. The normalized spacial score (nSPS) is 20.0. The van der Waals surface area contributed by atoms with Gasteiger partial charge in [0, 0.05) is 45.9 Å². The van der Waals surface area contributed by atoms with Gasteiger partial charge in [0.1, 0.15) is 0 Å². The Morgan fingerprint density at radius 1 is 0.842 bits per heavy atom. The number of hydrogen-bond donors (Lipinski definition) is 2. The summed E-state index contributed by atoms with van der Waals surface area (Å²) in [5.74, 6) is -2.37. The summed E-state index contributed by atoms with van der Waals surface area (Å²) in [5.41, 5.74) is 12.0. The van der Waals surface area contributed by atoms with Crippen LogP contribution < -0.4 is 4.90 Å². The number of para-hydroxylation sites is 1. The van der Waals surface area contributed by atoms with Gasteiger partial charge in [0.25, 0.3) is 0 Å². The number of fused-ring (bicyclic) bond motifs is 13. The Labute approximate surface area is 330 Å². The van der Waals surface area contributed by atoms with Crippen LogP contribution in [0, 0.1) is 25.7 Å². The fraction of sp³-hybridized carbons (Fsp3) is 0.304. The highest BCUT2D eigenvalue weighted by Gasteiger charge is 2.61. The highest BCUT2D eigenvalue weighted by Crippen LogP contribution is 2.56.